The number of hydrogen-bond donors (Lipinski definition) is 1. The summed E-state index contributed by atoms with van der Waals surface area (Å²) in [5, 5.41) is 8.44. The molecule has 6 rings (SSSR count). The van der Waals surface area contributed by atoms with Gasteiger partial charge < -0.3 is 19.2 Å². The van der Waals surface area contributed by atoms with Gasteiger partial charge in [-0.05, 0) is 79.2 Å². The molecule has 0 saturated heterocycles. The predicted octanol–water partition coefficient (Wildman–Crippen LogP) is 6.25. The molecule has 0 bridgehead atoms. The van der Waals surface area contributed by atoms with Crippen LogP contribution in [0.15, 0.2) is 111 Å². The summed E-state index contributed by atoms with van der Waals surface area (Å²) in [6, 6.07) is 26.9. The molecule has 0 aliphatic rings. The number of para-hydroxylation sites is 2. The summed E-state index contributed by atoms with van der Waals surface area (Å²) in [4.78, 5) is 30.6. The number of carbonyl (C=O) groups is 1. The first-order chi connectivity index (χ1) is 21.0. The number of anilines is 1. The molecular weight excluding hydrogens is 551 g/mol. The fourth-order valence-corrected chi connectivity index (χ4v) is 4.47. The fourth-order valence-electron chi connectivity index (χ4n) is 4.47. The molecule has 0 unspecified atom stereocenters. The van der Waals surface area contributed by atoms with E-state index < -0.39 is 11.7 Å². The van der Waals surface area contributed by atoms with Gasteiger partial charge in [0.05, 0.1) is 23.7 Å². The Bertz CT molecular complexity index is 2000. The first kappa shape index (κ1) is 27.4. The number of carbonyl (C=O) groups excluding carboxylic acids is 1. The molecule has 0 spiro atoms. The summed E-state index contributed by atoms with van der Waals surface area (Å²) < 4.78 is 31.8. The molecule has 9 nitrogen and oxygen atoms in total. The van der Waals surface area contributed by atoms with E-state index in [1.54, 1.807) is 36.4 Å². The molecule has 4 aromatic carbocycles. The van der Waals surface area contributed by atoms with Gasteiger partial charge in [0, 0.05) is 11.1 Å². The molecule has 2 aromatic heterocycles. The van der Waals surface area contributed by atoms with Crippen LogP contribution < -0.4 is 20.3 Å². The highest BCUT2D eigenvalue weighted by atomic mass is 19.1. The maximum atomic E-state index is 13.5. The van der Waals surface area contributed by atoms with E-state index in [0.29, 0.717) is 51.6 Å². The van der Waals surface area contributed by atoms with Gasteiger partial charge in [-0.25, -0.2) is 9.37 Å². The third-order valence-electron chi connectivity index (χ3n) is 6.48. The van der Waals surface area contributed by atoms with Gasteiger partial charge in [-0.2, -0.15) is 9.78 Å². The zero-order valence-electron chi connectivity index (χ0n) is 23.0. The van der Waals surface area contributed by atoms with E-state index in [9.17, 15) is 14.0 Å². The molecule has 1 N–H and O–H groups in total. The lowest BCUT2D eigenvalue weighted by molar-refractivity contribution is -0.118. The monoisotopic (exact) mass is 576 g/mol. The van der Waals surface area contributed by atoms with Crippen LogP contribution in [0.5, 0.6) is 11.5 Å². The molecule has 0 aliphatic heterocycles. The van der Waals surface area contributed by atoms with E-state index in [4.69, 9.17) is 18.9 Å². The minimum absolute atomic E-state index is 0.258. The molecule has 0 radical (unpaired) electrons. The molecule has 6 aromatic rings. The Balaban J connectivity index is 1.29. The van der Waals surface area contributed by atoms with Gasteiger partial charge in [0.15, 0.2) is 23.9 Å². The highest BCUT2D eigenvalue weighted by molar-refractivity contribution is 5.92. The van der Waals surface area contributed by atoms with Gasteiger partial charge in [0.2, 0.25) is 5.82 Å². The summed E-state index contributed by atoms with van der Waals surface area (Å²) in [5.41, 5.74) is 1.90. The highest BCUT2D eigenvalue weighted by Crippen LogP contribution is 2.29. The van der Waals surface area contributed by atoms with Gasteiger partial charge in [-0.15, -0.1) is 0 Å². The number of fused-ring (bicyclic) bond motifs is 2. The second kappa shape index (κ2) is 12.0. The van der Waals surface area contributed by atoms with Gasteiger partial charge in [0.1, 0.15) is 11.4 Å². The maximum absolute atomic E-state index is 13.5. The normalized spacial score (nSPS) is 11.3. The predicted molar refractivity (Wildman–Crippen MR) is 162 cm³/mol. The highest BCUT2D eigenvalue weighted by Gasteiger charge is 2.16. The lowest BCUT2D eigenvalue weighted by Crippen LogP contribution is -2.20. The molecule has 0 fully saturated rings. The van der Waals surface area contributed by atoms with E-state index in [2.05, 4.69) is 10.4 Å². The average molecular weight is 577 g/mol. The average Bonchev–Trinajstić information content (AvgIpc) is 3.46. The molecule has 0 aliphatic carbocycles. The van der Waals surface area contributed by atoms with E-state index >= 15 is 0 Å². The zero-order valence-corrected chi connectivity index (χ0v) is 23.0. The Kier molecular flexibility index (Phi) is 7.64. The summed E-state index contributed by atoms with van der Waals surface area (Å²) in [6.45, 7) is 1.89. The lowest BCUT2D eigenvalue weighted by Gasteiger charge is -2.13. The Morgan fingerprint density at radius 2 is 1.77 bits per heavy atom. The molecular formula is C33H25FN4O5. The largest absolute Gasteiger partial charge is 0.490 e. The van der Waals surface area contributed by atoms with Crippen LogP contribution in [-0.4, -0.2) is 35.0 Å². The first-order valence-corrected chi connectivity index (χ1v) is 13.5. The molecule has 214 valence electrons. The number of halogens is 1. The smallest absolute Gasteiger partial charge is 0.282 e. The van der Waals surface area contributed by atoms with E-state index in [1.807, 2.05) is 43.3 Å². The number of nitrogens with zero attached hydrogens (tertiary/aromatic N) is 3. The van der Waals surface area contributed by atoms with Crippen LogP contribution in [0.25, 0.3) is 33.5 Å². The van der Waals surface area contributed by atoms with Crippen molar-refractivity contribution in [1.82, 2.24) is 9.66 Å². The molecule has 10 heteroatoms. The van der Waals surface area contributed by atoms with Crippen LogP contribution in [-0.2, 0) is 4.79 Å². The minimum atomic E-state index is -0.416. The van der Waals surface area contributed by atoms with Gasteiger partial charge in [0.25, 0.3) is 11.5 Å². The van der Waals surface area contributed by atoms with E-state index in [-0.39, 0.29) is 18.0 Å². The topological polar surface area (TPSA) is 108 Å². The Morgan fingerprint density at radius 1 is 0.977 bits per heavy atom. The van der Waals surface area contributed by atoms with Crippen LogP contribution in [0.3, 0.4) is 0 Å². The number of rotatable bonds is 9. The molecule has 0 atom stereocenters. The van der Waals surface area contributed by atoms with Crippen molar-refractivity contribution in [2.75, 3.05) is 18.5 Å². The first-order valence-electron chi connectivity index (χ1n) is 13.5. The molecule has 2 heterocycles. The minimum Gasteiger partial charge on any atom is -0.490 e. The Morgan fingerprint density at radius 3 is 2.58 bits per heavy atom. The second-order valence-electron chi connectivity index (χ2n) is 9.45. The third kappa shape index (κ3) is 5.98. The number of hydrogen-bond acceptors (Lipinski definition) is 7. The summed E-state index contributed by atoms with van der Waals surface area (Å²) in [5.74, 6) is 0.586. The van der Waals surface area contributed by atoms with Crippen LogP contribution in [0.2, 0.25) is 0 Å². The Labute approximate surface area is 244 Å². The number of furan rings is 1. The number of nitrogens with one attached hydrogen (secondary N) is 1. The van der Waals surface area contributed by atoms with Gasteiger partial charge in [-0.3, -0.25) is 9.59 Å². The number of amides is 1. The van der Waals surface area contributed by atoms with Crippen molar-refractivity contribution in [2.45, 2.75) is 6.92 Å². The Hall–Kier alpha value is -5.77. The standard InChI is InChI=1S/C33H25FN4O5/c1-2-41-29-17-21(11-16-28(29)42-20-31(39)36-24-14-12-23(34)13-15-24)19-35-38-32(30-18-22-7-3-6-10-27(22)43-30)37-26-9-5-4-8-25(26)33(38)40/h3-19H,2,20H2,1H3,(H,36,39). The van der Waals surface area contributed by atoms with E-state index in [0.717, 1.165) is 5.39 Å². The summed E-state index contributed by atoms with van der Waals surface area (Å²) in [6.07, 6.45) is 1.51. The number of benzene rings is 4. The van der Waals surface area contributed by atoms with Crippen molar-refractivity contribution in [3.8, 4) is 23.1 Å². The van der Waals surface area contributed by atoms with Crippen LogP contribution in [0.4, 0.5) is 10.1 Å². The van der Waals surface area contributed by atoms with E-state index in [1.165, 1.54) is 35.2 Å². The zero-order chi connectivity index (χ0) is 29.8. The van der Waals surface area contributed by atoms with Crippen LogP contribution in [0, 0.1) is 5.82 Å². The molecule has 1 amide bonds. The van der Waals surface area contributed by atoms with Crippen molar-refractivity contribution in [3.63, 3.8) is 0 Å². The summed E-state index contributed by atoms with van der Waals surface area (Å²) in [7, 11) is 0. The SMILES string of the molecule is CCOc1cc(C=Nn2c(-c3cc4ccccc4o3)nc3ccccc3c2=O)ccc1OCC(=O)Nc1ccc(F)cc1. The maximum Gasteiger partial charge on any atom is 0.282 e. The molecule has 0 saturated carbocycles. The number of aromatic nitrogens is 2. The van der Waals surface area contributed by atoms with Crippen molar-refractivity contribution >= 4 is 39.7 Å². The third-order valence-corrected chi connectivity index (χ3v) is 6.48. The van der Waals surface area contributed by atoms with Gasteiger partial charge in [-0.1, -0.05) is 30.3 Å². The fraction of sp³-hybridized carbons (Fsp3) is 0.0909. The van der Waals surface area contributed by atoms with Gasteiger partial charge >= 0.3 is 0 Å². The number of ether oxygens (including phenoxy) is 2. The molecule has 43 heavy (non-hydrogen) atoms. The van der Waals surface area contributed by atoms with Crippen molar-refractivity contribution in [1.29, 1.82) is 0 Å². The van der Waals surface area contributed by atoms with Crippen LogP contribution >= 0.6 is 0 Å². The quantitative estimate of drug-likeness (QED) is 0.204. The second-order valence-corrected chi connectivity index (χ2v) is 9.45. The lowest BCUT2D eigenvalue weighted by atomic mass is 10.2. The summed E-state index contributed by atoms with van der Waals surface area (Å²) >= 11 is 0. The van der Waals surface area contributed by atoms with Crippen molar-refractivity contribution in [2.24, 2.45) is 5.10 Å². The van der Waals surface area contributed by atoms with Crippen molar-refractivity contribution in [3.05, 3.63) is 119 Å². The van der Waals surface area contributed by atoms with Crippen molar-refractivity contribution < 1.29 is 23.1 Å². The van der Waals surface area contributed by atoms with Crippen LogP contribution in [0.1, 0.15) is 12.5 Å².